The van der Waals surface area contributed by atoms with Gasteiger partial charge in [-0.05, 0) is 42.4 Å². The van der Waals surface area contributed by atoms with Crippen LogP contribution in [0.25, 0.3) is 0 Å². The molecule has 0 bridgehead atoms. The first-order chi connectivity index (χ1) is 21.2. The van der Waals surface area contributed by atoms with Gasteiger partial charge in [0.15, 0.2) is 6.10 Å². The number of aliphatic hydroxyl groups is 1. The van der Waals surface area contributed by atoms with E-state index in [1.807, 2.05) is 44.2 Å². The van der Waals surface area contributed by atoms with Crippen molar-refractivity contribution in [3.63, 3.8) is 0 Å². The van der Waals surface area contributed by atoms with E-state index in [2.05, 4.69) is 16.0 Å². The van der Waals surface area contributed by atoms with Gasteiger partial charge in [0.25, 0.3) is 5.91 Å². The van der Waals surface area contributed by atoms with E-state index in [1.54, 1.807) is 12.1 Å². The van der Waals surface area contributed by atoms with E-state index < -0.39 is 42.2 Å². The fourth-order valence-electron chi connectivity index (χ4n) is 5.96. The van der Waals surface area contributed by atoms with Crippen LogP contribution in [0.3, 0.4) is 0 Å². The molecule has 11 heteroatoms. The maximum atomic E-state index is 13.8. The monoisotopic (exact) mass is 610 g/mol. The van der Waals surface area contributed by atoms with Crippen molar-refractivity contribution < 1.29 is 33.4 Å². The van der Waals surface area contributed by atoms with Crippen molar-refractivity contribution in [1.82, 2.24) is 20.9 Å². The Balaban J connectivity index is 1.50. The second-order valence-corrected chi connectivity index (χ2v) is 12.3. The van der Waals surface area contributed by atoms with E-state index in [0.29, 0.717) is 31.1 Å². The molecule has 4 N–H and O–H groups in total. The Bertz CT molecular complexity index is 1210. The highest BCUT2D eigenvalue weighted by Crippen LogP contribution is 2.31. The summed E-state index contributed by atoms with van der Waals surface area (Å²) >= 11 is 0. The number of nitrogens with one attached hydrogen (secondary N) is 3. The van der Waals surface area contributed by atoms with Crippen molar-refractivity contribution >= 4 is 23.8 Å². The number of ether oxygens (including phenoxy) is 1. The first kappa shape index (κ1) is 33.0. The van der Waals surface area contributed by atoms with E-state index in [0.717, 1.165) is 31.2 Å². The second kappa shape index (κ2) is 16.3. The molecular formula is C33H46N4O7. The molecule has 44 heavy (non-hydrogen) atoms. The summed E-state index contributed by atoms with van der Waals surface area (Å²) in [6.45, 7) is 4.31. The molecule has 2 aromatic rings. The SMILES string of the molecule is CC(C)C[C@H](NC(=O)[C@H](Cc1ccccc1)OC(=O)N1CCNC(=O)C1)C(=O)N[C@H](CC1CCCCC1)[C@H](O)c1ccco1. The van der Waals surface area contributed by atoms with Crippen molar-refractivity contribution in [2.24, 2.45) is 11.8 Å². The minimum absolute atomic E-state index is 0.0554. The zero-order valence-electron chi connectivity index (χ0n) is 25.7. The molecule has 2 aliphatic rings. The third-order valence-electron chi connectivity index (χ3n) is 8.29. The number of hydrogen-bond acceptors (Lipinski definition) is 7. The highest BCUT2D eigenvalue weighted by Gasteiger charge is 2.34. The molecule has 240 valence electrons. The van der Waals surface area contributed by atoms with E-state index in [9.17, 15) is 24.3 Å². The van der Waals surface area contributed by atoms with Gasteiger partial charge in [0, 0.05) is 19.5 Å². The molecule has 0 unspecified atom stereocenters. The van der Waals surface area contributed by atoms with Crippen LogP contribution in [0.15, 0.2) is 53.1 Å². The normalized spacial score (nSPS) is 18.5. The Hall–Kier alpha value is -3.86. The van der Waals surface area contributed by atoms with Crippen LogP contribution in [0.4, 0.5) is 4.79 Å². The zero-order chi connectivity index (χ0) is 31.5. The predicted molar refractivity (Wildman–Crippen MR) is 163 cm³/mol. The molecule has 4 amide bonds. The van der Waals surface area contributed by atoms with Gasteiger partial charge in [-0.25, -0.2) is 4.79 Å². The quantitative estimate of drug-likeness (QED) is 0.271. The Morgan fingerprint density at radius 1 is 1.05 bits per heavy atom. The van der Waals surface area contributed by atoms with Crippen LogP contribution in [0.5, 0.6) is 0 Å². The Morgan fingerprint density at radius 3 is 2.45 bits per heavy atom. The topological polar surface area (TPSA) is 150 Å². The number of benzene rings is 1. The van der Waals surface area contributed by atoms with E-state index in [-0.39, 0.29) is 31.3 Å². The van der Waals surface area contributed by atoms with E-state index in [1.165, 1.54) is 17.6 Å². The van der Waals surface area contributed by atoms with Crippen LogP contribution < -0.4 is 16.0 Å². The van der Waals surface area contributed by atoms with Crippen molar-refractivity contribution in [3.8, 4) is 0 Å². The molecule has 2 heterocycles. The van der Waals surface area contributed by atoms with E-state index >= 15 is 0 Å². The van der Waals surface area contributed by atoms with Gasteiger partial charge in [0.2, 0.25) is 11.8 Å². The summed E-state index contributed by atoms with van der Waals surface area (Å²) in [6.07, 6.45) is 4.98. The molecule has 1 saturated carbocycles. The van der Waals surface area contributed by atoms with Crippen LogP contribution >= 0.6 is 0 Å². The van der Waals surface area contributed by atoms with Crippen molar-refractivity contribution in [3.05, 3.63) is 60.1 Å². The fraction of sp³-hybridized carbons (Fsp3) is 0.576. The third-order valence-corrected chi connectivity index (χ3v) is 8.29. The molecule has 2 fully saturated rings. The molecule has 4 rings (SSSR count). The number of carbonyl (C=O) groups is 4. The number of carbonyl (C=O) groups excluding carboxylic acids is 4. The summed E-state index contributed by atoms with van der Waals surface area (Å²) in [4.78, 5) is 53.6. The standard InChI is InChI=1S/C33H46N4O7/c1-22(2)18-26(31(40)35-25(19-23-10-5-3-6-11-23)30(39)27-14-9-17-43-27)36-32(41)28(20-24-12-7-4-8-13-24)44-33(42)37-16-15-34-29(38)21-37/h4,7-9,12-14,17,22-23,25-26,28,30,39H,3,5-6,10-11,15-16,18-21H2,1-2H3,(H,34,38)(H,35,40)(H,36,41)/t25-,26+,28+,30+/m1/s1. The number of rotatable bonds is 13. The number of amides is 4. The van der Waals surface area contributed by atoms with Crippen LogP contribution in [0.1, 0.15) is 76.2 Å². The maximum Gasteiger partial charge on any atom is 0.411 e. The molecule has 1 aliphatic heterocycles. The summed E-state index contributed by atoms with van der Waals surface area (Å²) in [6, 6.07) is 11.0. The first-order valence-corrected chi connectivity index (χ1v) is 15.8. The lowest BCUT2D eigenvalue weighted by Crippen LogP contribution is -2.55. The zero-order valence-corrected chi connectivity index (χ0v) is 25.7. The summed E-state index contributed by atoms with van der Waals surface area (Å²) in [5.41, 5.74) is 0.774. The molecule has 0 spiro atoms. The van der Waals surface area contributed by atoms with Crippen LogP contribution in [-0.4, -0.2) is 71.6 Å². The van der Waals surface area contributed by atoms with Gasteiger partial charge in [-0.15, -0.1) is 0 Å². The lowest BCUT2D eigenvalue weighted by atomic mass is 9.83. The van der Waals surface area contributed by atoms with Crippen molar-refractivity contribution in [2.45, 2.75) is 89.5 Å². The number of furan rings is 1. The molecule has 11 nitrogen and oxygen atoms in total. The fourth-order valence-corrected chi connectivity index (χ4v) is 5.96. The molecule has 1 aliphatic carbocycles. The highest BCUT2D eigenvalue weighted by molar-refractivity contribution is 5.91. The van der Waals surface area contributed by atoms with Gasteiger partial charge in [0.05, 0.1) is 12.3 Å². The van der Waals surface area contributed by atoms with Crippen LogP contribution in [0.2, 0.25) is 0 Å². The lowest BCUT2D eigenvalue weighted by molar-refractivity contribution is -0.135. The minimum atomic E-state index is -1.23. The van der Waals surface area contributed by atoms with Gasteiger partial charge in [-0.2, -0.15) is 0 Å². The van der Waals surface area contributed by atoms with Gasteiger partial charge in [0.1, 0.15) is 24.5 Å². The second-order valence-electron chi connectivity index (χ2n) is 12.3. The number of hydrogen-bond donors (Lipinski definition) is 4. The van der Waals surface area contributed by atoms with Gasteiger partial charge < -0.3 is 30.2 Å². The molecule has 0 radical (unpaired) electrons. The average Bonchev–Trinajstić information content (AvgIpc) is 3.56. The Labute approximate surface area is 259 Å². The van der Waals surface area contributed by atoms with E-state index in [4.69, 9.17) is 9.15 Å². The largest absolute Gasteiger partial charge is 0.467 e. The van der Waals surface area contributed by atoms with Crippen LogP contribution in [0, 0.1) is 11.8 Å². The molecule has 1 aromatic heterocycles. The lowest BCUT2D eigenvalue weighted by Gasteiger charge is -2.31. The predicted octanol–water partition coefficient (Wildman–Crippen LogP) is 3.48. The summed E-state index contributed by atoms with van der Waals surface area (Å²) in [5, 5.41) is 19.7. The maximum absolute atomic E-state index is 13.8. The van der Waals surface area contributed by atoms with Crippen LogP contribution in [-0.2, 0) is 25.5 Å². The van der Waals surface area contributed by atoms with Crippen molar-refractivity contribution in [2.75, 3.05) is 19.6 Å². The summed E-state index contributed by atoms with van der Waals surface area (Å²) < 4.78 is 11.1. The van der Waals surface area contributed by atoms with Gasteiger partial charge in [-0.1, -0.05) is 76.3 Å². The average molecular weight is 611 g/mol. The van der Waals surface area contributed by atoms with Crippen molar-refractivity contribution in [1.29, 1.82) is 0 Å². The molecule has 1 aromatic carbocycles. The summed E-state index contributed by atoms with van der Waals surface area (Å²) in [7, 11) is 0. The minimum Gasteiger partial charge on any atom is -0.467 e. The van der Waals surface area contributed by atoms with Gasteiger partial charge >= 0.3 is 6.09 Å². The molecule has 1 saturated heterocycles. The smallest absolute Gasteiger partial charge is 0.411 e. The summed E-state index contributed by atoms with van der Waals surface area (Å²) in [5.74, 6) is -0.541. The Kier molecular flexibility index (Phi) is 12.2. The number of aliphatic hydroxyl groups excluding tert-OH is 1. The molecule has 4 atom stereocenters. The third kappa shape index (κ3) is 9.83. The number of nitrogens with zero attached hydrogens (tertiary/aromatic N) is 1. The molecular weight excluding hydrogens is 564 g/mol. The Morgan fingerprint density at radius 2 is 1.80 bits per heavy atom. The number of piperazine rings is 1. The first-order valence-electron chi connectivity index (χ1n) is 15.8. The highest BCUT2D eigenvalue weighted by atomic mass is 16.6. The van der Waals surface area contributed by atoms with Gasteiger partial charge in [-0.3, -0.25) is 19.3 Å².